The molecule has 0 rings (SSSR count). The Morgan fingerprint density at radius 2 is 0.439 bits per heavy atom. The highest BCUT2D eigenvalue weighted by molar-refractivity contribution is 5.57. The minimum atomic E-state index is 0.847. The Morgan fingerprint density at radius 3 is 0.707 bits per heavy atom. The minimum Gasteiger partial charge on any atom is -0.317 e. The maximum absolute atomic E-state index is 4.60. The van der Waals surface area contributed by atoms with Crippen molar-refractivity contribution in [2.24, 2.45) is 81.0 Å². The van der Waals surface area contributed by atoms with Crippen LogP contribution < -0.4 is 21.3 Å². The normalized spacial score (nSPS) is 16.6. The average molecular weight is 1160 g/mol. The Hall–Kier alpha value is -0.820. The van der Waals surface area contributed by atoms with Crippen molar-refractivity contribution in [3.8, 4) is 0 Å². The van der Waals surface area contributed by atoms with Crippen molar-refractivity contribution < 1.29 is 0 Å². The predicted octanol–water partition coefficient (Wildman–Crippen LogP) is 22.2. The van der Waals surface area contributed by atoms with E-state index in [1.807, 2.05) is 0 Å². The van der Waals surface area contributed by atoms with Gasteiger partial charge < -0.3 is 21.3 Å². The lowest BCUT2D eigenvalue weighted by molar-refractivity contribution is 0.324. The molecule has 0 bridgehead atoms. The quantitative estimate of drug-likeness (QED) is 0.0362. The van der Waals surface area contributed by atoms with Crippen molar-refractivity contribution in [1.29, 1.82) is 0 Å². The molecular weight excluding hydrogens is 997 g/mol. The predicted molar refractivity (Wildman–Crippen MR) is 377 cm³/mol. The smallest absolute Gasteiger partial charge is 0.0510 e. The molecular formula is C76H158N6. The van der Waals surface area contributed by atoms with Gasteiger partial charge in [0.25, 0.3) is 0 Å². The van der Waals surface area contributed by atoms with Gasteiger partial charge in [0, 0.05) is 13.1 Å². The first-order valence-corrected chi connectivity index (χ1v) is 37.3. The molecule has 4 N–H and O–H groups in total. The van der Waals surface area contributed by atoms with Gasteiger partial charge in [0.2, 0.25) is 0 Å². The van der Waals surface area contributed by atoms with Crippen molar-refractivity contribution in [1.82, 2.24) is 21.3 Å². The van der Waals surface area contributed by atoms with Gasteiger partial charge in [0.1, 0.15) is 0 Å². The van der Waals surface area contributed by atoms with Crippen LogP contribution in [0.25, 0.3) is 0 Å². The van der Waals surface area contributed by atoms with E-state index in [-0.39, 0.29) is 0 Å². The summed E-state index contributed by atoms with van der Waals surface area (Å²) in [4.78, 5) is 9.20. The van der Waals surface area contributed by atoms with Gasteiger partial charge in [-0.2, -0.15) is 0 Å². The maximum Gasteiger partial charge on any atom is 0.0510 e. The van der Waals surface area contributed by atoms with Crippen LogP contribution in [-0.4, -0.2) is 77.9 Å². The van der Waals surface area contributed by atoms with Crippen molar-refractivity contribution in [2.75, 3.05) is 65.4 Å². The molecule has 0 heterocycles. The fourth-order valence-corrected chi connectivity index (χ4v) is 13.2. The van der Waals surface area contributed by atoms with Crippen molar-refractivity contribution in [3.63, 3.8) is 0 Å². The zero-order chi connectivity index (χ0) is 61.1. The molecule has 0 aromatic heterocycles. The van der Waals surface area contributed by atoms with Crippen LogP contribution >= 0.6 is 0 Å². The minimum absolute atomic E-state index is 0.847. The van der Waals surface area contributed by atoms with Crippen molar-refractivity contribution >= 4 is 12.4 Å². The fraction of sp³-hybridized carbons (Fsp3) is 0.974. The number of unbranched alkanes of at least 4 members (excludes halogenated alkanes) is 14. The van der Waals surface area contributed by atoms with Gasteiger partial charge in [-0.25, -0.2) is 0 Å². The summed E-state index contributed by atoms with van der Waals surface area (Å²) < 4.78 is 0. The van der Waals surface area contributed by atoms with E-state index in [0.717, 1.165) is 123 Å². The summed E-state index contributed by atoms with van der Waals surface area (Å²) >= 11 is 0. The Morgan fingerprint density at radius 1 is 0.232 bits per heavy atom. The number of hydrogen-bond acceptors (Lipinski definition) is 6. The van der Waals surface area contributed by atoms with Gasteiger partial charge in [-0.05, 0) is 238 Å². The van der Waals surface area contributed by atoms with Crippen LogP contribution in [0.4, 0.5) is 0 Å². The third-order valence-electron chi connectivity index (χ3n) is 18.9. The molecule has 0 amide bonds. The molecule has 12 unspecified atom stereocenters. The summed E-state index contributed by atoms with van der Waals surface area (Å²) in [5.74, 6) is 10.6. The van der Waals surface area contributed by atoms with E-state index in [0.29, 0.717) is 0 Å². The average Bonchev–Trinajstić information content (AvgIpc) is 3.43. The lowest BCUT2D eigenvalue weighted by atomic mass is 9.86. The van der Waals surface area contributed by atoms with Crippen molar-refractivity contribution in [3.05, 3.63) is 0 Å². The van der Waals surface area contributed by atoms with E-state index >= 15 is 0 Å². The third kappa shape index (κ3) is 63.7. The van der Waals surface area contributed by atoms with E-state index in [1.165, 1.54) is 244 Å². The summed E-state index contributed by atoms with van der Waals surface area (Å²) in [6.45, 7) is 49.5. The Balaban J connectivity index is 0. The summed E-state index contributed by atoms with van der Waals surface area (Å²) in [6, 6.07) is 0. The summed E-state index contributed by atoms with van der Waals surface area (Å²) in [5.41, 5.74) is 0. The molecule has 492 valence electrons. The number of aliphatic imine (C=N–C) groups is 2. The standard InChI is InChI=1S/C39H82N2.C37H76N4/c1-9-34(3)30-38(7)32-36(5)24-18-13-11-15-20-26-40-28-22-17-23-29-41-27-21-16-12-14-19-25-37(6)33-39(8)31-35(4)10-2;1-9-32(3)28-36(7)30-34(5)18-12-16-22-40-26-24-38-20-14-11-15-21-39-25-27-41-23-17-13-19-35(6)31-37(8)29-33(4)10-2/h34-41H,9-33H2,1-8H3;22-23,32-39H,9-21,24-31H2,1-8H3. The second-order valence-corrected chi connectivity index (χ2v) is 29.1. The zero-order valence-electron chi connectivity index (χ0n) is 59.5. The zero-order valence-corrected chi connectivity index (χ0v) is 59.5. The summed E-state index contributed by atoms with van der Waals surface area (Å²) in [7, 11) is 0. The molecule has 0 fully saturated rings. The molecule has 0 aromatic rings. The van der Waals surface area contributed by atoms with Crippen LogP contribution in [0.3, 0.4) is 0 Å². The van der Waals surface area contributed by atoms with Crippen molar-refractivity contribution in [2.45, 2.75) is 342 Å². The number of nitrogens with zero attached hydrogens (tertiary/aromatic N) is 2. The first-order valence-electron chi connectivity index (χ1n) is 37.3. The lowest BCUT2D eigenvalue weighted by Crippen LogP contribution is -2.20. The molecule has 82 heavy (non-hydrogen) atoms. The Bertz CT molecular complexity index is 1190. The Kier molecular flexibility index (Phi) is 64.2. The van der Waals surface area contributed by atoms with Crippen LogP contribution in [0.5, 0.6) is 0 Å². The van der Waals surface area contributed by atoms with E-state index in [4.69, 9.17) is 0 Å². The molecule has 6 nitrogen and oxygen atoms in total. The van der Waals surface area contributed by atoms with Gasteiger partial charge in [-0.1, -0.05) is 226 Å². The first kappa shape index (κ1) is 83.2. The molecule has 0 spiro atoms. The third-order valence-corrected chi connectivity index (χ3v) is 18.9. The SMILES string of the molecule is CCC(C)CC(C)CC(C)CCCC=NCCNCCCCCNCCN=CCCCC(C)CC(C)CC(C)CC.CCC(C)CC(C)CC(C)CCCCCCCNCCCCCNCCCCCCCC(C)CC(C)CC(C)CC. The number of hydrogen-bond donors (Lipinski definition) is 4. The fourth-order valence-electron chi connectivity index (χ4n) is 13.2. The lowest BCUT2D eigenvalue weighted by Gasteiger charge is -2.20. The Labute approximate surface area is 519 Å². The topological polar surface area (TPSA) is 72.8 Å². The highest BCUT2D eigenvalue weighted by Gasteiger charge is 2.15. The maximum atomic E-state index is 4.60. The molecule has 0 saturated carbocycles. The second kappa shape index (κ2) is 63.2. The molecule has 0 aliphatic rings. The van der Waals surface area contributed by atoms with E-state index in [1.54, 1.807) is 0 Å². The number of rotatable bonds is 62. The van der Waals surface area contributed by atoms with E-state index in [2.05, 4.69) is 154 Å². The largest absolute Gasteiger partial charge is 0.317 e. The monoisotopic (exact) mass is 1160 g/mol. The van der Waals surface area contributed by atoms with Crippen LogP contribution in [0.1, 0.15) is 342 Å². The molecule has 0 aromatic carbocycles. The first-order chi connectivity index (χ1) is 39.6. The van der Waals surface area contributed by atoms with Crippen LogP contribution in [0, 0.1) is 71.0 Å². The molecule has 12 atom stereocenters. The highest BCUT2D eigenvalue weighted by Crippen LogP contribution is 2.28. The van der Waals surface area contributed by atoms with Gasteiger partial charge in [0.15, 0.2) is 0 Å². The molecule has 0 aliphatic heterocycles. The highest BCUT2D eigenvalue weighted by atomic mass is 14.9. The van der Waals surface area contributed by atoms with Crippen LogP contribution in [-0.2, 0) is 0 Å². The van der Waals surface area contributed by atoms with Gasteiger partial charge in [0.05, 0.1) is 13.1 Å². The molecule has 6 heteroatoms. The van der Waals surface area contributed by atoms with Gasteiger partial charge >= 0.3 is 0 Å². The second-order valence-electron chi connectivity index (χ2n) is 29.1. The molecule has 0 radical (unpaired) electrons. The molecule has 0 saturated heterocycles. The van der Waals surface area contributed by atoms with Crippen LogP contribution in [0.2, 0.25) is 0 Å². The summed E-state index contributed by atoms with van der Waals surface area (Å²) in [5, 5.41) is 14.4. The summed E-state index contributed by atoms with van der Waals surface area (Å²) in [6.07, 6.45) is 53.3. The van der Waals surface area contributed by atoms with Gasteiger partial charge in [-0.3, -0.25) is 9.98 Å². The van der Waals surface area contributed by atoms with Gasteiger partial charge in [-0.15, -0.1) is 0 Å². The number of nitrogens with one attached hydrogen (secondary N) is 4. The van der Waals surface area contributed by atoms with Crippen LogP contribution in [0.15, 0.2) is 9.98 Å². The van der Waals surface area contributed by atoms with E-state index < -0.39 is 0 Å². The molecule has 0 aliphatic carbocycles. The van der Waals surface area contributed by atoms with E-state index in [9.17, 15) is 0 Å².